The molecule has 3 rings (SSSR count). The van der Waals surface area contributed by atoms with E-state index in [1.165, 1.54) is 0 Å². The zero-order chi connectivity index (χ0) is 16.4. The molecule has 5 nitrogen and oxygen atoms in total. The lowest BCUT2D eigenvalue weighted by atomic mass is 9.92. The molecule has 1 aliphatic heterocycles. The van der Waals surface area contributed by atoms with Gasteiger partial charge in [0.25, 0.3) is 5.91 Å². The number of hydrogen-bond donors (Lipinski definition) is 1. The van der Waals surface area contributed by atoms with E-state index in [4.69, 9.17) is 5.26 Å². The molecule has 1 N–H and O–H groups in total. The van der Waals surface area contributed by atoms with Crippen LogP contribution in [-0.2, 0) is 16.9 Å². The molecule has 0 bridgehead atoms. The fourth-order valence-corrected chi connectivity index (χ4v) is 2.75. The van der Waals surface area contributed by atoms with Crippen molar-refractivity contribution < 1.29 is 9.59 Å². The largest absolute Gasteiger partial charge is 0.325 e. The Kier molecular flexibility index (Phi) is 3.59. The van der Waals surface area contributed by atoms with Crippen LogP contribution in [-0.4, -0.2) is 16.8 Å². The van der Waals surface area contributed by atoms with Gasteiger partial charge in [0.05, 0.1) is 18.2 Å². The Morgan fingerprint density at radius 3 is 2.43 bits per heavy atom. The minimum absolute atomic E-state index is 0.0802. The molecule has 114 valence electrons. The second-order valence-electron chi connectivity index (χ2n) is 5.58. The molecule has 0 saturated carbocycles. The van der Waals surface area contributed by atoms with Crippen molar-refractivity contribution in [1.29, 1.82) is 5.26 Å². The van der Waals surface area contributed by atoms with E-state index in [1.54, 1.807) is 31.2 Å². The second-order valence-corrected chi connectivity index (χ2v) is 5.58. The van der Waals surface area contributed by atoms with Crippen molar-refractivity contribution in [2.45, 2.75) is 19.0 Å². The van der Waals surface area contributed by atoms with Gasteiger partial charge in [-0.05, 0) is 24.1 Å². The molecule has 1 saturated heterocycles. The first kappa shape index (κ1) is 14.8. The Balaban J connectivity index is 1.92. The number of nitrogens with one attached hydrogen (secondary N) is 1. The normalized spacial score (nSPS) is 20.3. The van der Waals surface area contributed by atoms with Crippen LogP contribution in [0, 0.1) is 11.3 Å². The van der Waals surface area contributed by atoms with Gasteiger partial charge in [-0.25, -0.2) is 4.79 Å². The van der Waals surface area contributed by atoms with Crippen molar-refractivity contribution in [3.63, 3.8) is 0 Å². The number of nitriles is 1. The van der Waals surface area contributed by atoms with Gasteiger partial charge in [-0.1, -0.05) is 48.5 Å². The first-order chi connectivity index (χ1) is 11.1. The maximum absolute atomic E-state index is 12.8. The zero-order valence-electron chi connectivity index (χ0n) is 12.6. The van der Waals surface area contributed by atoms with Crippen LogP contribution in [0.4, 0.5) is 4.79 Å². The summed E-state index contributed by atoms with van der Waals surface area (Å²) in [6, 6.07) is 17.7. The van der Waals surface area contributed by atoms with E-state index in [1.807, 2.05) is 30.3 Å². The van der Waals surface area contributed by atoms with Crippen LogP contribution in [0.1, 0.15) is 23.6 Å². The molecule has 0 aliphatic carbocycles. The molecule has 1 aliphatic rings. The van der Waals surface area contributed by atoms with E-state index in [0.29, 0.717) is 11.1 Å². The van der Waals surface area contributed by atoms with Gasteiger partial charge >= 0.3 is 6.03 Å². The quantitative estimate of drug-likeness (QED) is 0.886. The Labute approximate surface area is 134 Å². The van der Waals surface area contributed by atoms with Gasteiger partial charge in [0, 0.05) is 0 Å². The molecule has 1 heterocycles. The maximum atomic E-state index is 12.8. The van der Waals surface area contributed by atoms with E-state index in [2.05, 4.69) is 11.4 Å². The highest BCUT2D eigenvalue weighted by molar-refractivity contribution is 6.07. The predicted molar refractivity (Wildman–Crippen MR) is 84.0 cm³/mol. The third-order valence-corrected chi connectivity index (χ3v) is 4.09. The average molecular weight is 305 g/mol. The maximum Gasteiger partial charge on any atom is 0.325 e. The number of urea groups is 1. The molecule has 1 unspecified atom stereocenters. The lowest BCUT2D eigenvalue weighted by molar-refractivity contribution is -0.131. The van der Waals surface area contributed by atoms with Gasteiger partial charge in [0.2, 0.25) is 0 Å². The second kappa shape index (κ2) is 5.58. The van der Waals surface area contributed by atoms with E-state index >= 15 is 0 Å². The van der Waals surface area contributed by atoms with Crippen LogP contribution in [0.25, 0.3) is 0 Å². The van der Waals surface area contributed by atoms with E-state index < -0.39 is 11.6 Å². The van der Waals surface area contributed by atoms with E-state index in [0.717, 1.165) is 10.5 Å². The number of carbonyl (C=O) groups excluding carboxylic acids is 2. The van der Waals surface area contributed by atoms with Gasteiger partial charge in [0.15, 0.2) is 0 Å². The van der Waals surface area contributed by atoms with Crippen LogP contribution >= 0.6 is 0 Å². The van der Waals surface area contributed by atoms with E-state index in [9.17, 15) is 9.59 Å². The van der Waals surface area contributed by atoms with Crippen LogP contribution in [0.2, 0.25) is 0 Å². The Hall–Kier alpha value is -3.13. The van der Waals surface area contributed by atoms with Crippen LogP contribution in [0.3, 0.4) is 0 Å². The van der Waals surface area contributed by atoms with Gasteiger partial charge in [-0.15, -0.1) is 0 Å². The highest BCUT2D eigenvalue weighted by Crippen LogP contribution is 2.29. The minimum atomic E-state index is -1.08. The fourth-order valence-electron chi connectivity index (χ4n) is 2.75. The summed E-state index contributed by atoms with van der Waals surface area (Å²) in [4.78, 5) is 26.2. The lowest BCUT2D eigenvalue weighted by Crippen LogP contribution is -2.40. The molecular weight excluding hydrogens is 290 g/mol. The standard InChI is InChI=1S/C18H15N3O2/c1-18(15-9-3-2-4-10-15)16(22)21(17(23)20-18)12-14-8-6-5-7-13(14)11-19/h2-10H,12H2,1H3,(H,20,23). The molecule has 1 atom stereocenters. The highest BCUT2D eigenvalue weighted by Gasteiger charge is 2.48. The minimum Gasteiger partial charge on any atom is -0.319 e. The number of carbonyl (C=O) groups is 2. The number of imide groups is 1. The van der Waals surface area contributed by atoms with E-state index in [-0.39, 0.29) is 12.5 Å². The molecule has 0 radical (unpaired) electrons. The van der Waals surface area contributed by atoms with Gasteiger partial charge in [0.1, 0.15) is 5.54 Å². The summed E-state index contributed by atoms with van der Waals surface area (Å²) in [5, 5.41) is 11.9. The van der Waals surface area contributed by atoms with Gasteiger partial charge < -0.3 is 5.32 Å². The summed E-state index contributed by atoms with van der Waals surface area (Å²) in [5.41, 5.74) is 0.756. The van der Waals surface area contributed by atoms with Crippen molar-refractivity contribution in [3.8, 4) is 6.07 Å². The number of nitrogens with zero attached hydrogens (tertiary/aromatic N) is 2. The van der Waals surface area contributed by atoms with Crippen LogP contribution in [0.15, 0.2) is 54.6 Å². The molecule has 3 amide bonds. The number of hydrogen-bond acceptors (Lipinski definition) is 3. The summed E-state index contributed by atoms with van der Waals surface area (Å²) >= 11 is 0. The molecule has 0 spiro atoms. The summed E-state index contributed by atoms with van der Waals surface area (Å²) in [7, 11) is 0. The molecule has 2 aromatic carbocycles. The highest BCUT2D eigenvalue weighted by atomic mass is 16.2. The first-order valence-electron chi connectivity index (χ1n) is 7.24. The number of benzene rings is 2. The van der Waals surface area contributed by atoms with Crippen molar-refractivity contribution in [2.24, 2.45) is 0 Å². The predicted octanol–water partition coefficient (Wildman–Crippen LogP) is 2.53. The topological polar surface area (TPSA) is 73.2 Å². The smallest absolute Gasteiger partial charge is 0.319 e. The van der Waals surface area contributed by atoms with Gasteiger partial charge in [-0.3, -0.25) is 9.69 Å². The number of amides is 3. The molecule has 5 heteroatoms. The van der Waals surface area contributed by atoms with Gasteiger partial charge in [-0.2, -0.15) is 5.26 Å². The average Bonchev–Trinajstić information content (AvgIpc) is 2.80. The third kappa shape index (κ3) is 2.44. The van der Waals surface area contributed by atoms with Crippen LogP contribution < -0.4 is 5.32 Å². The molecule has 0 aromatic heterocycles. The SMILES string of the molecule is CC1(c2ccccc2)NC(=O)N(Cc2ccccc2C#N)C1=O. The molecule has 2 aromatic rings. The fraction of sp³-hybridized carbons (Fsp3) is 0.167. The summed E-state index contributed by atoms with van der Waals surface area (Å²) in [6.07, 6.45) is 0. The Morgan fingerprint density at radius 1 is 1.09 bits per heavy atom. The lowest BCUT2D eigenvalue weighted by Gasteiger charge is -2.22. The molecule has 1 fully saturated rings. The molecular formula is C18H15N3O2. The summed E-state index contributed by atoms with van der Waals surface area (Å²) in [6.45, 7) is 1.77. The zero-order valence-corrected chi connectivity index (χ0v) is 12.6. The monoisotopic (exact) mass is 305 g/mol. The first-order valence-corrected chi connectivity index (χ1v) is 7.24. The van der Waals surface area contributed by atoms with Crippen LogP contribution in [0.5, 0.6) is 0 Å². The van der Waals surface area contributed by atoms with Crippen molar-refractivity contribution in [2.75, 3.05) is 0 Å². The number of rotatable bonds is 3. The van der Waals surface area contributed by atoms with Crippen molar-refractivity contribution in [3.05, 3.63) is 71.3 Å². The Bertz CT molecular complexity index is 811. The third-order valence-electron chi connectivity index (χ3n) is 4.09. The van der Waals surface area contributed by atoms with Crippen molar-refractivity contribution in [1.82, 2.24) is 10.2 Å². The van der Waals surface area contributed by atoms with Crippen molar-refractivity contribution >= 4 is 11.9 Å². The summed E-state index contributed by atoms with van der Waals surface area (Å²) in [5.74, 6) is -0.318. The summed E-state index contributed by atoms with van der Waals surface area (Å²) < 4.78 is 0. The Morgan fingerprint density at radius 2 is 1.74 bits per heavy atom. The molecule has 23 heavy (non-hydrogen) atoms.